The SMILES string of the molecule is CCNC(=NCC(C)(C)c1ccc(F)cc1Cl)NCC1(OC)CCOCC1.I. The molecule has 1 saturated heterocycles. The van der Waals surface area contributed by atoms with Crippen LogP contribution in [0.4, 0.5) is 4.39 Å². The molecule has 0 aromatic heterocycles. The molecule has 8 heteroatoms. The number of aliphatic imine (C=N–C) groups is 1. The summed E-state index contributed by atoms with van der Waals surface area (Å²) in [5, 5.41) is 7.09. The highest BCUT2D eigenvalue weighted by molar-refractivity contribution is 14.0. The Morgan fingerprint density at radius 1 is 1.32 bits per heavy atom. The number of methoxy groups -OCH3 is 1. The average molecular weight is 528 g/mol. The van der Waals surface area contributed by atoms with Crippen molar-refractivity contribution in [2.45, 2.75) is 44.6 Å². The lowest BCUT2D eigenvalue weighted by Crippen LogP contribution is -2.51. The second-order valence-electron chi connectivity index (χ2n) is 7.56. The van der Waals surface area contributed by atoms with E-state index in [1.165, 1.54) is 12.1 Å². The van der Waals surface area contributed by atoms with Crippen LogP contribution < -0.4 is 10.6 Å². The van der Waals surface area contributed by atoms with Gasteiger partial charge in [0.15, 0.2) is 5.96 Å². The number of benzene rings is 1. The highest BCUT2D eigenvalue weighted by atomic mass is 127. The first-order chi connectivity index (χ1) is 12.8. The summed E-state index contributed by atoms with van der Waals surface area (Å²) in [6, 6.07) is 4.51. The van der Waals surface area contributed by atoms with Gasteiger partial charge in [-0.1, -0.05) is 31.5 Å². The molecule has 160 valence electrons. The van der Waals surface area contributed by atoms with Crippen LogP contribution in [-0.4, -0.2) is 51.5 Å². The van der Waals surface area contributed by atoms with Crippen LogP contribution in [0.3, 0.4) is 0 Å². The van der Waals surface area contributed by atoms with E-state index in [2.05, 4.69) is 10.6 Å². The maximum absolute atomic E-state index is 13.3. The number of nitrogens with zero attached hydrogens (tertiary/aromatic N) is 1. The lowest BCUT2D eigenvalue weighted by molar-refractivity contribution is -0.0855. The fourth-order valence-corrected chi connectivity index (χ4v) is 3.61. The number of guanidine groups is 1. The zero-order valence-electron chi connectivity index (χ0n) is 17.1. The van der Waals surface area contributed by atoms with E-state index in [9.17, 15) is 4.39 Å². The lowest BCUT2D eigenvalue weighted by atomic mass is 9.84. The van der Waals surface area contributed by atoms with Gasteiger partial charge in [-0.2, -0.15) is 0 Å². The summed E-state index contributed by atoms with van der Waals surface area (Å²) in [6.45, 7) is 9.47. The predicted octanol–water partition coefficient (Wildman–Crippen LogP) is 4.13. The van der Waals surface area contributed by atoms with Gasteiger partial charge < -0.3 is 20.1 Å². The number of hydrogen-bond acceptors (Lipinski definition) is 3. The Morgan fingerprint density at radius 2 is 2.00 bits per heavy atom. The van der Waals surface area contributed by atoms with Crippen molar-refractivity contribution >= 4 is 41.5 Å². The maximum atomic E-state index is 13.3. The molecule has 0 radical (unpaired) electrons. The van der Waals surface area contributed by atoms with E-state index >= 15 is 0 Å². The van der Waals surface area contributed by atoms with Crippen LogP contribution in [0.1, 0.15) is 39.2 Å². The molecule has 1 aliphatic rings. The normalized spacial score (nSPS) is 17.0. The quantitative estimate of drug-likeness (QED) is 0.318. The monoisotopic (exact) mass is 527 g/mol. The van der Waals surface area contributed by atoms with Gasteiger partial charge in [-0.25, -0.2) is 4.39 Å². The lowest BCUT2D eigenvalue weighted by Gasteiger charge is -2.36. The van der Waals surface area contributed by atoms with Crippen molar-refractivity contribution in [2.24, 2.45) is 4.99 Å². The molecule has 0 atom stereocenters. The van der Waals surface area contributed by atoms with Gasteiger partial charge in [0.25, 0.3) is 0 Å². The molecule has 2 rings (SSSR count). The van der Waals surface area contributed by atoms with Crippen LogP contribution >= 0.6 is 35.6 Å². The van der Waals surface area contributed by atoms with Crippen molar-refractivity contribution < 1.29 is 13.9 Å². The van der Waals surface area contributed by atoms with Crippen LogP contribution in [0.15, 0.2) is 23.2 Å². The smallest absolute Gasteiger partial charge is 0.191 e. The molecule has 0 aliphatic carbocycles. The molecular formula is C20H32ClFIN3O2. The maximum Gasteiger partial charge on any atom is 0.191 e. The standard InChI is InChI=1S/C20H31ClFN3O2.HI/c1-5-23-18(25-14-20(26-4)8-10-27-11-9-20)24-13-19(2,3)16-7-6-15(22)12-17(16)21;/h6-7,12H,5,8-11,13-14H2,1-4H3,(H2,23,24,25);1H. The largest absolute Gasteiger partial charge is 0.381 e. The fourth-order valence-electron chi connectivity index (χ4n) is 3.18. The number of halogens is 3. The van der Waals surface area contributed by atoms with E-state index in [0.717, 1.165) is 30.9 Å². The summed E-state index contributed by atoms with van der Waals surface area (Å²) in [5.41, 5.74) is 0.317. The minimum absolute atomic E-state index is 0. The Labute approximate surface area is 189 Å². The summed E-state index contributed by atoms with van der Waals surface area (Å²) >= 11 is 6.24. The van der Waals surface area contributed by atoms with Crippen LogP contribution in [0.5, 0.6) is 0 Å². The number of hydrogen-bond donors (Lipinski definition) is 2. The minimum Gasteiger partial charge on any atom is -0.381 e. The van der Waals surface area contributed by atoms with E-state index in [4.69, 9.17) is 26.1 Å². The number of ether oxygens (including phenoxy) is 2. The molecule has 1 fully saturated rings. The molecule has 1 aliphatic heterocycles. The first-order valence-electron chi connectivity index (χ1n) is 9.42. The molecule has 2 N–H and O–H groups in total. The van der Waals surface area contributed by atoms with E-state index in [1.807, 2.05) is 20.8 Å². The second-order valence-corrected chi connectivity index (χ2v) is 7.96. The highest BCUT2D eigenvalue weighted by Gasteiger charge is 2.32. The van der Waals surface area contributed by atoms with Crippen LogP contribution in [0, 0.1) is 5.82 Å². The van der Waals surface area contributed by atoms with Crippen molar-refractivity contribution in [1.29, 1.82) is 0 Å². The van der Waals surface area contributed by atoms with Gasteiger partial charge in [0.05, 0.1) is 12.1 Å². The van der Waals surface area contributed by atoms with Crippen molar-refractivity contribution in [1.82, 2.24) is 10.6 Å². The second kappa shape index (κ2) is 11.5. The molecule has 5 nitrogen and oxygen atoms in total. The van der Waals surface area contributed by atoms with Gasteiger partial charge in [0.1, 0.15) is 5.82 Å². The van der Waals surface area contributed by atoms with Crippen molar-refractivity contribution in [3.8, 4) is 0 Å². The summed E-state index contributed by atoms with van der Waals surface area (Å²) in [5.74, 6) is 0.395. The van der Waals surface area contributed by atoms with Crippen molar-refractivity contribution in [3.05, 3.63) is 34.6 Å². The minimum atomic E-state index is -0.334. The third-order valence-electron chi connectivity index (χ3n) is 5.05. The fraction of sp³-hybridized carbons (Fsp3) is 0.650. The average Bonchev–Trinajstić information content (AvgIpc) is 2.64. The third kappa shape index (κ3) is 7.00. The molecule has 0 unspecified atom stereocenters. The summed E-state index contributed by atoms with van der Waals surface area (Å²) in [6.07, 6.45) is 1.71. The number of rotatable bonds is 7. The van der Waals surface area contributed by atoms with Crippen molar-refractivity contribution in [2.75, 3.05) is 40.0 Å². The Balaban J connectivity index is 0.00000392. The van der Waals surface area contributed by atoms with Crippen LogP contribution in [-0.2, 0) is 14.9 Å². The summed E-state index contributed by atoms with van der Waals surface area (Å²) < 4.78 is 24.6. The Morgan fingerprint density at radius 3 is 2.57 bits per heavy atom. The molecule has 1 aromatic rings. The third-order valence-corrected chi connectivity index (χ3v) is 5.36. The molecule has 1 heterocycles. The zero-order valence-corrected chi connectivity index (χ0v) is 20.2. The zero-order chi connectivity index (χ0) is 19.9. The molecule has 0 bridgehead atoms. The first-order valence-corrected chi connectivity index (χ1v) is 9.80. The van der Waals surface area contributed by atoms with Gasteiger partial charge in [0.2, 0.25) is 0 Å². The Kier molecular flexibility index (Phi) is 10.4. The van der Waals surface area contributed by atoms with E-state index < -0.39 is 0 Å². The summed E-state index contributed by atoms with van der Waals surface area (Å²) in [7, 11) is 1.75. The summed E-state index contributed by atoms with van der Waals surface area (Å²) in [4.78, 5) is 4.73. The highest BCUT2D eigenvalue weighted by Crippen LogP contribution is 2.30. The van der Waals surface area contributed by atoms with E-state index in [1.54, 1.807) is 13.2 Å². The molecule has 0 amide bonds. The first kappa shape index (κ1) is 25.4. The number of nitrogens with one attached hydrogen (secondary N) is 2. The van der Waals surface area contributed by atoms with E-state index in [-0.39, 0.29) is 40.8 Å². The van der Waals surface area contributed by atoms with Gasteiger partial charge in [-0.05, 0) is 24.6 Å². The molecule has 0 saturated carbocycles. The van der Waals surface area contributed by atoms with Gasteiger partial charge in [0, 0.05) is 56.7 Å². The topological polar surface area (TPSA) is 54.9 Å². The molecule has 28 heavy (non-hydrogen) atoms. The molecular weight excluding hydrogens is 496 g/mol. The van der Waals surface area contributed by atoms with Crippen molar-refractivity contribution in [3.63, 3.8) is 0 Å². The predicted molar refractivity (Wildman–Crippen MR) is 124 cm³/mol. The van der Waals surface area contributed by atoms with Crippen LogP contribution in [0.25, 0.3) is 0 Å². The van der Waals surface area contributed by atoms with Crippen LogP contribution in [0.2, 0.25) is 5.02 Å². The Bertz CT molecular complexity index is 652. The van der Waals surface area contributed by atoms with E-state index in [0.29, 0.717) is 31.3 Å². The Hall–Kier alpha value is -0.640. The van der Waals surface area contributed by atoms with Gasteiger partial charge >= 0.3 is 0 Å². The molecule has 0 spiro atoms. The van der Waals surface area contributed by atoms with Gasteiger partial charge in [-0.3, -0.25) is 4.99 Å². The van der Waals surface area contributed by atoms with Gasteiger partial charge in [-0.15, -0.1) is 24.0 Å². The molecule has 1 aromatic carbocycles.